The molecule has 102 valence electrons. The van der Waals surface area contributed by atoms with Gasteiger partial charge in [0.05, 0.1) is 4.92 Å². The van der Waals surface area contributed by atoms with Crippen molar-refractivity contribution in [1.82, 2.24) is 0 Å². The van der Waals surface area contributed by atoms with Crippen LogP contribution in [0.2, 0.25) is 0 Å². The quantitative estimate of drug-likeness (QED) is 0.368. The number of hydrogen-bond donors (Lipinski definition) is 2. The largest absolute Gasteiger partial charge is 0.505 e. The molecule has 7 heteroatoms. The molecule has 0 spiro atoms. The van der Waals surface area contributed by atoms with Crippen LogP contribution in [-0.4, -0.2) is 15.9 Å². The van der Waals surface area contributed by atoms with Gasteiger partial charge in [-0.3, -0.25) is 14.9 Å². The number of halogens is 1. The Hall–Kier alpha value is -2.16. The monoisotopic (exact) mass is 384 g/mol. The first kappa shape index (κ1) is 14.3. The molecule has 0 aromatic heterocycles. The Morgan fingerprint density at radius 2 is 1.85 bits per heavy atom. The Balaban J connectivity index is 2.32. The van der Waals surface area contributed by atoms with Crippen LogP contribution in [0.3, 0.4) is 0 Å². The van der Waals surface area contributed by atoms with Crippen LogP contribution in [0, 0.1) is 13.7 Å². The van der Waals surface area contributed by atoms with E-state index in [1.807, 2.05) is 0 Å². The topological polar surface area (TPSA) is 92.5 Å². The molecule has 0 fully saturated rings. The number of amides is 1. The minimum Gasteiger partial charge on any atom is -0.505 e. The van der Waals surface area contributed by atoms with Gasteiger partial charge < -0.3 is 10.4 Å². The number of nitro groups is 1. The predicted octanol–water partition coefficient (Wildman–Crippen LogP) is 3.16. The summed E-state index contributed by atoms with van der Waals surface area (Å²) in [6.07, 6.45) is 0. The zero-order chi connectivity index (χ0) is 14.7. The van der Waals surface area contributed by atoms with Crippen molar-refractivity contribution in [2.45, 2.75) is 0 Å². The van der Waals surface area contributed by atoms with Crippen molar-refractivity contribution < 1.29 is 14.8 Å². The fourth-order valence-electron chi connectivity index (χ4n) is 1.60. The number of nitro benzene ring substituents is 1. The number of nitrogens with one attached hydrogen (secondary N) is 1. The Morgan fingerprint density at radius 3 is 2.45 bits per heavy atom. The number of carbonyl (C=O) groups excluding carboxylic acids is 1. The maximum atomic E-state index is 12.0. The van der Waals surface area contributed by atoms with E-state index in [0.717, 1.165) is 3.57 Å². The van der Waals surface area contributed by atoms with Crippen LogP contribution >= 0.6 is 22.6 Å². The second-order valence-corrected chi connectivity index (χ2v) is 5.14. The average molecular weight is 384 g/mol. The Morgan fingerprint density at radius 1 is 1.20 bits per heavy atom. The SMILES string of the molecule is O=C(Nc1c(O)cccc1[N+](=O)[O-])c1ccc(I)cc1. The molecule has 2 aromatic rings. The molecule has 0 bridgehead atoms. The third-order valence-corrected chi connectivity index (χ3v) is 3.28. The van der Waals surface area contributed by atoms with Gasteiger partial charge in [0.15, 0.2) is 5.69 Å². The molecule has 0 saturated heterocycles. The lowest BCUT2D eigenvalue weighted by atomic mass is 10.2. The van der Waals surface area contributed by atoms with Gasteiger partial charge >= 0.3 is 0 Å². The van der Waals surface area contributed by atoms with E-state index >= 15 is 0 Å². The van der Waals surface area contributed by atoms with Crippen molar-refractivity contribution in [2.24, 2.45) is 0 Å². The van der Waals surface area contributed by atoms with Gasteiger partial charge in [0.1, 0.15) is 5.75 Å². The second kappa shape index (κ2) is 5.87. The Labute approximate surface area is 127 Å². The lowest BCUT2D eigenvalue weighted by molar-refractivity contribution is -0.384. The van der Waals surface area contributed by atoms with Crippen molar-refractivity contribution in [2.75, 3.05) is 5.32 Å². The summed E-state index contributed by atoms with van der Waals surface area (Å²) in [7, 11) is 0. The maximum absolute atomic E-state index is 12.0. The molecule has 0 aliphatic carbocycles. The first-order chi connectivity index (χ1) is 9.49. The van der Waals surface area contributed by atoms with Gasteiger partial charge in [-0.05, 0) is 52.9 Å². The molecule has 0 aliphatic heterocycles. The van der Waals surface area contributed by atoms with Crippen LogP contribution in [0.25, 0.3) is 0 Å². The first-order valence-corrected chi connectivity index (χ1v) is 6.60. The molecule has 2 rings (SSSR count). The van der Waals surface area contributed by atoms with Crippen molar-refractivity contribution in [1.29, 1.82) is 0 Å². The van der Waals surface area contributed by atoms with Crippen LogP contribution in [0.1, 0.15) is 10.4 Å². The molecule has 6 nitrogen and oxygen atoms in total. The average Bonchev–Trinajstić information content (AvgIpc) is 2.41. The van der Waals surface area contributed by atoms with Crippen LogP contribution < -0.4 is 5.32 Å². The third kappa shape index (κ3) is 3.05. The highest BCUT2D eigenvalue weighted by Gasteiger charge is 2.19. The normalized spacial score (nSPS) is 10.1. The van der Waals surface area contributed by atoms with Crippen LogP contribution in [-0.2, 0) is 0 Å². The molecule has 20 heavy (non-hydrogen) atoms. The molecule has 0 radical (unpaired) electrons. The van der Waals surface area contributed by atoms with Crippen molar-refractivity contribution in [3.05, 3.63) is 61.7 Å². The number of benzene rings is 2. The van der Waals surface area contributed by atoms with Gasteiger partial charge in [0.2, 0.25) is 0 Å². The summed E-state index contributed by atoms with van der Waals surface area (Å²) in [4.78, 5) is 22.2. The number of anilines is 1. The summed E-state index contributed by atoms with van der Waals surface area (Å²) in [5, 5.41) is 22.9. The van der Waals surface area contributed by atoms with E-state index in [0.29, 0.717) is 5.56 Å². The van der Waals surface area contributed by atoms with E-state index in [1.54, 1.807) is 24.3 Å². The maximum Gasteiger partial charge on any atom is 0.296 e. The van der Waals surface area contributed by atoms with Crippen molar-refractivity contribution in [3.8, 4) is 5.75 Å². The first-order valence-electron chi connectivity index (χ1n) is 5.52. The summed E-state index contributed by atoms with van der Waals surface area (Å²) in [6, 6.07) is 10.5. The zero-order valence-electron chi connectivity index (χ0n) is 10.0. The lowest BCUT2D eigenvalue weighted by Crippen LogP contribution is -2.13. The molecule has 0 atom stereocenters. The number of aromatic hydroxyl groups is 1. The van der Waals surface area contributed by atoms with E-state index in [2.05, 4.69) is 27.9 Å². The molecule has 2 N–H and O–H groups in total. The number of carbonyl (C=O) groups is 1. The van der Waals surface area contributed by atoms with E-state index < -0.39 is 10.8 Å². The molecule has 1 amide bonds. The Bertz CT molecular complexity index is 671. The summed E-state index contributed by atoms with van der Waals surface area (Å²) in [6.45, 7) is 0. The number of phenolic OH excluding ortho intramolecular Hbond substituents is 1. The fourth-order valence-corrected chi connectivity index (χ4v) is 1.96. The number of rotatable bonds is 3. The summed E-state index contributed by atoms with van der Waals surface area (Å²) in [5.41, 5.74) is -0.215. The molecule has 0 aliphatic rings. The van der Waals surface area contributed by atoms with Gasteiger partial charge in [-0.1, -0.05) is 6.07 Å². The van der Waals surface area contributed by atoms with E-state index in [-0.39, 0.29) is 17.1 Å². The smallest absolute Gasteiger partial charge is 0.296 e. The van der Waals surface area contributed by atoms with E-state index in [9.17, 15) is 20.0 Å². The molecular formula is C13H9IN2O4. The summed E-state index contributed by atoms with van der Waals surface area (Å²) >= 11 is 2.10. The molecular weight excluding hydrogens is 375 g/mol. The lowest BCUT2D eigenvalue weighted by Gasteiger charge is -2.07. The minimum absolute atomic E-state index is 0.207. The highest BCUT2D eigenvalue weighted by Crippen LogP contribution is 2.33. The van der Waals surface area contributed by atoms with Crippen molar-refractivity contribution >= 4 is 39.9 Å². The Kier molecular flexibility index (Phi) is 4.18. The van der Waals surface area contributed by atoms with Gasteiger partial charge in [-0.15, -0.1) is 0 Å². The van der Waals surface area contributed by atoms with Gasteiger partial charge in [0.25, 0.3) is 11.6 Å². The zero-order valence-corrected chi connectivity index (χ0v) is 12.2. The molecule has 2 aromatic carbocycles. The van der Waals surface area contributed by atoms with Crippen LogP contribution in [0.5, 0.6) is 5.75 Å². The number of para-hydroxylation sites is 1. The fraction of sp³-hybridized carbons (Fsp3) is 0. The number of hydrogen-bond acceptors (Lipinski definition) is 4. The van der Waals surface area contributed by atoms with Gasteiger partial charge in [-0.25, -0.2) is 0 Å². The molecule has 0 heterocycles. The van der Waals surface area contributed by atoms with Gasteiger partial charge in [-0.2, -0.15) is 0 Å². The predicted molar refractivity (Wildman–Crippen MR) is 81.9 cm³/mol. The van der Waals surface area contributed by atoms with Crippen molar-refractivity contribution in [3.63, 3.8) is 0 Å². The standard InChI is InChI=1S/C13H9IN2O4/c14-9-6-4-8(5-7-9)13(18)15-12-10(16(19)20)2-1-3-11(12)17/h1-7,17H,(H,15,18). The summed E-state index contributed by atoms with van der Waals surface area (Å²) in [5.74, 6) is -0.871. The summed E-state index contributed by atoms with van der Waals surface area (Å²) < 4.78 is 0.965. The second-order valence-electron chi connectivity index (χ2n) is 3.89. The number of phenols is 1. The van der Waals surface area contributed by atoms with E-state index in [4.69, 9.17) is 0 Å². The van der Waals surface area contributed by atoms with Crippen LogP contribution in [0.15, 0.2) is 42.5 Å². The molecule has 0 unspecified atom stereocenters. The molecule has 0 saturated carbocycles. The minimum atomic E-state index is -0.663. The number of nitrogens with zero attached hydrogens (tertiary/aromatic N) is 1. The van der Waals surface area contributed by atoms with Crippen LogP contribution in [0.4, 0.5) is 11.4 Å². The van der Waals surface area contributed by atoms with Gasteiger partial charge in [0, 0.05) is 15.2 Å². The van der Waals surface area contributed by atoms with E-state index in [1.165, 1.54) is 18.2 Å². The highest BCUT2D eigenvalue weighted by atomic mass is 127. The third-order valence-electron chi connectivity index (χ3n) is 2.56. The highest BCUT2D eigenvalue weighted by molar-refractivity contribution is 14.1.